The first-order chi connectivity index (χ1) is 13.2. The molecule has 2 fully saturated rings. The second-order valence-corrected chi connectivity index (χ2v) is 6.93. The number of nitrogens with one attached hydrogen (secondary N) is 2. The third-order valence-electron chi connectivity index (χ3n) is 5.02. The first-order valence-corrected chi connectivity index (χ1v) is 9.42. The maximum atomic E-state index is 12.4. The van der Waals surface area contributed by atoms with Gasteiger partial charge in [0, 0.05) is 30.0 Å². The van der Waals surface area contributed by atoms with Crippen LogP contribution in [0, 0.1) is 0 Å². The van der Waals surface area contributed by atoms with Crippen molar-refractivity contribution in [3.05, 3.63) is 54.1 Å². The van der Waals surface area contributed by atoms with Gasteiger partial charge >= 0.3 is 6.03 Å². The summed E-state index contributed by atoms with van der Waals surface area (Å²) in [5, 5.41) is 5.65. The van der Waals surface area contributed by atoms with Crippen LogP contribution in [-0.4, -0.2) is 31.1 Å². The molecule has 0 atom stereocenters. The van der Waals surface area contributed by atoms with E-state index in [0.717, 1.165) is 30.0 Å². The molecule has 2 aromatic rings. The molecule has 4 rings (SSSR count). The molecule has 6 heteroatoms. The smallest absolute Gasteiger partial charge is 0.321 e. The Kier molecular flexibility index (Phi) is 4.96. The van der Waals surface area contributed by atoms with Gasteiger partial charge in [-0.2, -0.15) is 0 Å². The lowest BCUT2D eigenvalue weighted by Gasteiger charge is -2.15. The van der Waals surface area contributed by atoms with Crippen LogP contribution in [0.25, 0.3) is 0 Å². The van der Waals surface area contributed by atoms with Crippen LogP contribution in [-0.2, 0) is 0 Å². The summed E-state index contributed by atoms with van der Waals surface area (Å²) in [6.45, 7) is 1.28. The van der Waals surface area contributed by atoms with Crippen molar-refractivity contribution in [3.8, 4) is 5.75 Å². The first-order valence-electron chi connectivity index (χ1n) is 9.42. The molecule has 0 spiro atoms. The zero-order valence-electron chi connectivity index (χ0n) is 15.1. The number of hydrogen-bond acceptors (Lipinski definition) is 3. The van der Waals surface area contributed by atoms with E-state index in [1.807, 2.05) is 24.3 Å². The Labute approximate surface area is 158 Å². The maximum Gasteiger partial charge on any atom is 0.321 e. The lowest BCUT2D eigenvalue weighted by molar-refractivity contribution is 0.102. The molecule has 0 bridgehead atoms. The van der Waals surface area contributed by atoms with Crippen LogP contribution in [0.15, 0.2) is 48.5 Å². The zero-order valence-corrected chi connectivity index (χ0v) is 15.1. The van der Waals surface area contributed by atoms with Gasteiger partial charge in [-0.05, 0) is 74.2 Å². The molecule has 1 aliphatic heterocycles. The third kappa shape index (κ3) is 4.05. The SMILES string of the molecule is O=C(Nc1ccc(OC2CCCC2)cc1)c1ccc(N2CCNC2=O)cc1. The van der Waals surface area contributed by atoms with Crippen molar-refractivity contribution < 1.29 is 14.3 Å². The molecule has 0 radical (unpaired) electrons. The summed E-state index contributed by atoms with van der Waals surface area (Å²) >= 11 is 0. The number of nitrogens with zero attached hydrogens (tertiary/aromatic N) is 1. The molecule has 0 aromatic heterocycles. The topological polar surface area (TPSA) is 70.7 Å². The number of rotatable bonds is 5. The van der Waals surface area contributed by atoms with E-state index in [-0.39, 0.29) is 11.9 Å². The summed E-state index contributed by atoms with van der Waals surface area (Å²) in [5.41, 5.74) is 2.06. The lowest BCUT2D eigenvalue weighted by Crippen LogP contribution is -2.27. The van der Waals surface area contributed by atoms with E-state index in [4.69, 9.17) is 4.74 Å². The molecule has 6 nitrogen and oxygen atoms in total. The molecule has 2 aliphatic rings. The summed E-state index contributed by atoms with van der Waals surface area (Å²) in [6.07, 6.45) is 5.03. The van der Waals surface area contributed by atoms with E-state index in [1.165, 1.54) is 12.8 Å². The van der Waals surface area contributed by atoms with Gasteiger partial charge in [-0.1, -0.05) is 0 Å². The fraction of sp³-hybridized carbons (Fsp3) is 0.333. The molecule has 1 aliphatic carbocycles. The highest BCUT2D eigenvalue weighted by Gasteiger charge is 2.21. The third-order valence-corrected chi connectivity index (χ3v) is 5.02. The Morgan fingerprint density at radius 1 is 1.04 bits per heavy atom. The number of hydrogen-bond donors (Lipinski definition) is 2. The summed E-state index contributed by atoms with van der Waals surface area (Å²) in [5.74, 6) is 0.657. The molecule has 1 heterocycles. The summed E-state index contributed by atoms with van der Waals surface area (Å²) < 4.78 is 5.94. The van der Waals surface area contributed by atoms with Gasteiger partial charge in [0.2, 0.25) is 0 Å². The Balaban J connectivity index is 1.36. The highest BCUT2D eigenvalue weighted by atomic mass is 16.5. The summed E-state index contributed by atoms with van der Waals surface area (Å²) in [6, 6.07) is 14.4. The van der Waals surface area contributed by atoms with Gasteiger partial charge in [-0.3, -0.25) is 9.69 Å². The van der Waals surface area contributed by atoms with Crippen molar-refractivity contribution >= 4 is 23.3 Å². The second-order valence-electron chi connectivity index (χ2n) is 6.93. The average Bonchev–Trinajstić information content (AvgIpc) is 3.35. The van der Waals surface area contributed by atoms with Crippen LogP contribution < -0.4 is 20.3 Å². The first kappa shape index (κ1) is 17.4. The van der Waals surface area contributed by atoms with Gasteiger partial charge in [-0.15, -0.1) is 0 Å². The van der Waals surface area contributed by atoms with Gasteiger partial charge in [0.1, 0.15) is 5.75 Å². The van der Waals surface area contributed by atoms with Crippen LogP contribution in [0.5, 0.6) is 5.75 Å². The molecule has 140 valence electrons. The predicted molar refractivity (Wildman–Crippen MR) is 104 cm³/mol. The Morgan fingerprint density at radius 3 is 2.37 bits per heavy atom. The number of carbonyl (C=O) groups excluding carboxylic acids is 2. The number of ether oxygens (including phenoxy) is 1. The van der Waals surface area contributed by atoms with Gasteiger partial charge in [0.15, 0.2) is 0 Å². The maximum absolute atomic E-state index is 12.4. The lowest BCUT2D eigenvalue weighted by atomic mass is 10.1. The quantitative estimate of drug-likeness (QED) is 0.847. The highest BCUT2D eigenvalue weighted by Crippen LogP contribution is 2.25. The van der Waals surface area contributed by atoms with Crippen LogP contribution in [0.3, 0.4) is 0 Å². The molecular weight excluding hydrogens is 342 g/mol. The minimum absolute atomic E-state index is 0.105. The molecule has 0 unspecified atom stereocenters. The second kappa shape index (κ2) is 7.70. The van der Waals surface area contributed by atoms with E-state index in [9.17, 15) is 9.59 Å². The van der Waals surface area contributed by atoms with Gasteiger partial charge in [0.25, 0.3) is 5.91 Å². The Hall–Kier alpha value is -3.02. The largest absolute Gasteiger partial charge is 0.490 e. The predicted octanol–water partition coefficient (Wildman–Crippen LogP) is 3.79. The number of amides is 3. The van der Waals surface area contributed by atoms with Crippen molar-refractivity contribution in [2.45, 2.75) is 31.8 Å². The highest BCUT2D eigenvalue weighted by molar-refractivity contribution is 6.04. The minimum atomic E-state index is -0.183. The molecule has 1 saturated heterocycles. The van der Waals surface area contributed by atoms with Crippen molar-refractivity contribution in [1.29, 1.82) is 0 Å². The van der Waals surface area contributed by atoms with Crippen LogP contribution in [0.4, 0.5) is 16.2 Å². The summed E-state index contributed by atoms with van der Waals surface area (Å²) in [7, 11) is 0. The minimum Gasteiger partial charge on any atom is -0.490 e. The van der Waals surface area contributed by atoms with E-state index in [1.54, 1.807) is 29.2 Å². The van der Waals surface area contributed by atoms with Gasteiger partial charge < -0.3 is 15.4 Å². The average molecular weight is 365 g/mol. The standard InChI is InChI=1S/C21H23N3O3/c25-20(15-5-9-17(10-6-15)24-14-13-22-21(24)26)23-16-7-11-19(12-8-16)27-18-3-1-2-4-18/h5-12,18H,1-4,13-14H2,(H,22,26)(H,23,25). The Morgan fingerprint density at radius 2 is 1.74 bits per heavy atom. The van der Waals surface area contributed by atoms with E-state index in [2.05, 4.69) is 10.6 Å². The number of urea groups is 1. The van der Waals surface area contributed by atoms with Crippen LogP contribution in [0.2, 0.25) is 0 Å². The van der Waals surface area contributed by atoms with E-state index in [0.29, 0.717) is 24.8 Å². The van der Waals surface area contributed by atoms with Gasteiger partial charge in [0.05, 0.1) is 6.10 Å². The molecule has 27 heavy (non-hydrogen) atoms. The monoisotopic (exact) mass is 365 g/mol. The normalized spacial score (nSPS) is 17.0. The van der Waals surface area contributed by atoms with Crippen molar-refractivity contribution in [2.24, 2.45) is 0 Å². The molecular formula is C21H23N3O3. The fourth-order valence-electron chi connectivity index (χ4n) is 3.53. The molecule has 1 saturated carbocycles. The van der Waals surface area contributed by atoms with Crippen LogP contribution in [0.1, 0.15) is 36.0 Å². The zero-order chi connectivity index (χ0) is 18.6. The van der Waals surface area contributed by atoms with Gasteiger partial charge in [-0.25, -0.2) is 4.79 Å². The Bertz CT molecular complexity index is 812. The summed E-state index contributed by atoms with van der Waals surface area (Å²) in [4.78, 5) is 25.8. The number of benzene rings is 2. The number of carbonyl (C=O) groups is 2. The molecule has 2 N–H and O–H groups in total. The van der Waals surface area contributed by atoms with Crippen LogP contribution >= 0.6 is 0 Å². The van der Waals surface area contributed by atoms with E-state index >= 15 is 0 Å². The van der Waals surface area contributed by atoms with E-state index < -0.39 is 0 Å². The molecule has 3 amide bonds. The fourth-order valence-corrected chi connectivity index (χ4v) is 3.53. The van der Waals surface area contributed by atoms with Crippen molar-refractivity contribution in [2.75, 3.05) is 23.3 Å². The number of anilines is 2. The molecule has 2 aromatic carbocycles. The van der Waals surface area contributed by atoms with Crippen molar-refractivity contribution in [3.63, 3.8) is 0 Å². The van der Waals surface area contributed by atoms with Crippen molar-refractivity contribution in [1.82, 2.24) is 5.32 Å².